The van der Waals surface area contributed by atoms with E-state index in [1.54, 1.807) is 0 Å². The number of phenolic OH excluding ortho intramolecular Hbond substituents is 2. The average Bonchev–Trinajstić information content (AvgIpc) is 2.99. The van der Waals surface area contributed by atoms with Crippen LogP contribution >= 0.6 is 0 Å². The highest BCUT2D eigenvalue weighted by Crippen LogP contribution is 2.28. The third-order valence-corrected chi connectivity index (χ3v) is 2.95. The van der Waals surface area contributed by atoms with Gasteiger partial charge in [-0.1, -0.05) is 0 Å². The first-order valence-corrected chi connectivity index (χ1v) is 5.84. The van der Waals surface area contributed by atoms with Crippen molar-refractivity contribution in [2.75, 3.05) is 18.0 Å². The number of hydrogen-bond donors (Lipinski definition) is 2. The summed E-state index contributed by atoms with van der Waals surface area (Å²) in [4.78, 5) is 6.32. The number of benzene rings is 1. The van der Waals surface area contributed by atoms with Crippen LogP contribution < -0.4 is 4.90 Å². The fraction of sp³-hybridized carbons (Fsp3) is 0.333. The normalized spacial score (nSPS) is 15.2. The van der Waals surface area contributed by atoms with Crippen LogP contribution in [0.1, 0.15) is 12.8 Å². The number of aromatic hydroxyl groups is 2. The second-order valence-electron chi connectivity index (χ2n) is 4.33. The van der Waals surface area contributed by atoms with Gasteiger partial charge in [-0.2, -0.15) is 4.98 Å². The molecule has 2 heterocycles. The predicted octanol–water partition coefficient (Wildman–Crippen LogP) is 1.75. The molecule has 0 radical (unpaired) electrons. The van der Waals surface area contributed by atoms with Gasteiger partial charge < -0.3 is 19.6 Å². The summed E-state index contributed by atoms with van der Waals surface area (Å²) in [5, 5.41) is 22.7. The molecule has 2 aromatic rings. The zero-order valence-corrected chi connectivity index (χ0v) is 9.70. The Morgan fingerprint density at radius 3 is 2.39 bits per heavy atom. The summed E-state index contributed by atoms with van der Waals surface area (Å²) in [6.45, 7) is 1.87. The van der Waals surface area contributed by atoms with E-state index in [1.807, 2.05) is 0 Å². The maximum atomic E-state index is 9.41. The Bertz CT molecular complexity index is 541. The molecule has 1 aromatic carbocycles. The Labute approximate surface area is 103 Å². The summed E-state index contributed by atoms with van der Waals surface area (Å²) in [6.07, 6.45) is 2.27. The zero-order valence-electron chi connectivity index (χ0n) is 9.70. The van der Waals surface area contributed by atoms with Crippen molar-refractivity contribution in [3.63, 3.8) is 0 Å². The molecule has 0 aliphatic carbocycles. The van der Waals surface area contributed by atoms with Crippen molar-refractivity contribution in [1.82, 2.24) is 10.1 Å². The van der Waals surface area contributed by atoms with Crippen molar-refractivity contribution in [3.05, 3.63) is 18.2 Å². The topological polar surface area (TPSA) is 82.6 Å². The van der Waals surface area contributed by atoms with Crippen LogP contribution in [0.4, 0.5) is 5.95 Å². The van der Waals surface area contributed by atoms with Gasteiger partial charge in [0.15, 0.2) is 0 Å². The van der Waals surface area contributed by atoms with Gasteiger partial charge in [-0.25, -0.2) is 0 Å². The minimum Gasteiger partial charge on any atom is -0.508 e. The molecule has 0 unspecified atom stereocenters. The first-order chi connectivity index (χ1) is 8.72. The molecule has 0 saturated carbocycles. The van der Waals surface area contributed by atoms with Gasteiger partial charge in [0.25, 0.3) is 11.8 Å². The molecule has 1 saturated heterocycles. The molecule has 94 valence electrons. The molecule has 0 spiro atoms. The average molecular weight is 247 g/mol. The Morgan fingerprint density at radius 1 is 1.06 bits per heavy atom. The highest BCUT2D eigenvalue weighted by molar-refractivity contribution is 5.59. The van der Waals surface area contributed by atoms with Crippen LogP contribution in [0.25, 0.3) is 11.5 Å². The molecule has 18 heavy (non-hydrogen) atoms. The largest absolute Gasteiger partial charge is 0.508 e. The van der Waals surface area contributed by atoms with Gasteiger partial charge in [0.1, 0.15) is 11.5 Å². The van der Waals surface area contributed by atoms with E-state index in [9.17, 15) is 10.2 Å². The van der Waals surface area contributed by atoms with Crippen LogP contribution in [0.5, 0.6) is 11.5 Å². The van der Waals surface area contributed by atoms with E-state index in [-0.39, 0.29) is 11.5 Å². The van der Waals surface area contributed by atoms with Gasteiger partial charge in [-0.3, -0.25) is 0 Å². The fourth-order valence-corrected chi connectivity index (χ4v) is 2.10. The third kappa shape index (κ3) is 1.97. The SMILES string of the molecule is Oc1cc(O)cc(-c2nc(N3CCCC3)no2)c1. The highest BCUT2D eigenvalue weighted by atomic mass is 16.5. The van der Waals surface area contributed by atoms with E-state index in [0.29, 0.717) is 17.4 Å². The van der Waals surface area contributed by atoms with Crippen LogP contribution in [0.2, 0.25) is 0 Å². The molecule has 1 aliphatic heterocycles. The van der Waals surface area contributed by atoms with E-state index in [2.05, 4.69) is 15.0 Å². The Morgan fingerprint density at radius 2 is 1.72 bits per heavy atom. The molecule has 3 rings (SSSR count). The number of phenols is 2. The van der Waals surface area contributed by atoms with Gasteiger partial charge in [0.2, 0.25) is 0 Å². The molecular formula is C12H13N3O3. The summed E-state index contributed by atoms with van der Waals surface area (Å²) in [5.41, 5.74) is 0.505. The zero-order chi connectivity index (χ0) is 12.5. The van der Waals surface area contributed by atoms with Crippen LogP contribution in [0.3, 0.4) is 0 Å². The minimum atomic E-state index is -0.0362. The third-order valence-electron chi connectivity index (χ3n) is 2.95. The van der Waals surface area contributed by atoms with Gasteiger partial charge in [-0.05, 0) is 30.1 Å². The van der Waals surface area contributed by atoms with E-state index in [1.165, 1.54) is 18.2 Å². The van der Waals surface area contributed by atoms with E-state index in [0.717, 1.165) is 25.9 Å². The summed E-state index contributed by atoms with van der Waals surface area (Å²) in [7, 11) is 0. The van der Waals surface area contributed by atoms with Crippen molar-refractivity contribution < 1.29 is 14.7 Å². The predicted molar refractivity (Wildman–Crippen MR) is 64.5 cm³/mol. The molecule has 1 aromatic heterocycles. The van der Waals surface area contributed by atoms with Crippen LogP contribution in [0, 0.1) is 0 Å². The first kappa shape index (κ1) is 10.9. The molecule has 0 bridgehead atoms. The Balaban J connectivity index is 1.92. The summed E-state index contributed by atoms with van der Waals surface area (Å²) >= 11 is 0. The monoisotopic (exact) mass is 247 g/mol. The quantitative estimate of drug-likeness (QED) is 0.841. The lowest BCUT2D eigenvalue weighted by molar-refractivity contribution is 0.427. The van der Waals surface area contributed by atoms with Crippen molar-refractivity contribution in [2.45, 2.75) is 12.8 Å². The van der Waals surface area contributed by atoms with E-state index < -0.39 is 0 Å². The number of rotatable bonds is 2. The van der Waals surface area contributed by atoms with E-state index in [4.69, 9.17) is 4.52 Å². The fourth-order valence-electron chi connectivity index (χ4n) is 2.10. The number of aromatic nitrogens is 2. The molecule has 2 N–H and O–H groups in total. The molecule has 6 nitrogen and oxygen atoms in total. The molecule has 0 amide bonds. The lowest BCUT2D eigenvalue weighted by Gasteiger charge is -2.09. The maximum Gasteiger partial charge on any atom is 0.266 e. The Kier molecular flexibility index (Phi) is 2.55. The first-order valence-electron chi connectivity index (χ1n) is 5.84. The van der Waals surface area contributed by atoms with E-state index >= 15 is 0 Å². The van der Waals surface area contributed by atoms with Gasteiger partial charge in [0, 0.05) is 24.7 Å². The molecule has 0 atom stereocenters. The number of hydrogen-bond acceptors (Lipinski definition) is 6. The lowest BCUT2D eigenvalue weighted by Crippen LogP contribution is -2.18. The van der Waals surface area contributed by atoms with Crippen molar-refractivity contribution >= 4 is 5.95 Å². The molecule has 6 heteroatoms. The second-order valence-corrected chi connectivity index (χ2v) is 4.33. The van der Waals surface area contributed by atoms with Crippen molar-refractivity contribution in [3.8, 4) is 23.0 Å². The van der Waals surface area contributed by atoms with Gasteiger partial charge in [0.05, 0.1) is 0 Å². The standard InChI is InChI=1S/C12H13N3O3/c16-9-5-8(6-10(17)7-9)11-13-12(14-18-11)15-3-1-2-4-15/h5-7,16-17H,1-4H2. The van der Waals surface area contributed by atoms with Crippen LogP contribution in [-0.4, -0.2) is 33.4 Å². The molecular weight excluding hydrogens is 234 g/mol. The summed E-state index contributed by atoms with van der Waals surface area (Å²) < 4.78 is 5.15. The smallest absolute Gasteiger partial charge is 0.266 e. The van der Waals surface area contributed by atoms with Gasteiger partial charge >= 0.3 is 0 Å². The maximum absolute atomic E-state index is 9.41. The van der Waals surface area contributed by atoms with Gasteiger partial charge in [-0.15, -0.1) is 0 Å². The van der Waals surface area contributed by atoms with Crippen molar-refractivity contribution in [1.29, 1.82) is 0 Å². The summed E-state index contributed by atoms with van der Waals surface area (Å²) in [6, 6.07) is 4.20. The highest BCUT2D eigenvalue weighted by Gasteiger charge is 2.19. The molecule has 1 fully saturated rings. The molecule has 1 aliphatic rings. The van der Waals surface area contributed by atoms with Crippen molar-refractivity contribution in [2.24, 2.45) is 0 Å². The minimum absolute atomic E-state index is 0.0362. The van der Waals surface area contributed by atoms with Crippen LogP contribution in [-0.2, 0) is 0 Å². The number of anilines is 1. The Hall–Kier alpha value is -2.24. The lowest BCUT2D eigenvalue weighted by atomic mass is 10.2. The van der Waals surface area contributed by atoms with Crippen LogP contribution in [0.15, 0.2) is 22.7 Å². The second kappa shape index (κ2) is 4.21. The summed E-state index contributed by atoms with van der Waals surface area (Å²) in [5.74, 6) is 0.783. The number of nitrogens with zero attached hydrogens (tertiary/aromatic N) is 3.